The molecule has 0 aliphatic heterocycles. The number of aldehydes is 1. The average molecular weight is 453 g/mol. The highest BCUT2D eigenvalue weighted by Gasteiger charge is 2.08. The first-order valence-electron chi connectivity index (χ1n) is 10.3. The van der Waals surface area contributed by atoms with Crippen molar-refractivity contribution in [2.75, 3.05) is 0 Å². The molecule has 0 aliphatic carbocycles. The number of carbonyl (C=O) groups excluding carboxylic acids is 1. The molecular formula is C29H24O5. The summed E-state index contributed by atoms with van der Waals surface area (Å²) in [5.74, 6) is 2.69. The van der Waals surface area contributed by atoms with Crippen LogP contribution in [0.2, 0.25) is 0 Å². The van der Waals surface area contributed by atoms with Crippen LogP contribution in [0.5, 0.6) is 23.0 Å². The Morgan fingerprint density at radius 1 is 0.529 bits per heavy atom. The monoisotopic (exact) mass is 452 g/mol. The number of benzene rings is 4. The van der Waals surface area contributed by atoms with Crippen molar-refractivity contribution in [1.29, 1.82) is 0 Å². The van der Waals surface area contributed by atoms with Crippen LogP contribution in [0.4, 0.5) is 0 Å². The number of hydrogen-bond acceptors (Lipinski definition) is 5. The van der Waals surface area contributed by atoms with Gasteiger partial charge in [0.1, 0.15) is 23.0 Å². The molecule has 0 unspecified atom stereocenters. The molecule has 0 saturated carbocycles. The van der Waals surface area contributed by atoms with Gasteiger partial charge in [0.15, 0.2) is 6.29 Å². The molecule has 0 aromatic heterocycles. The van der Waals surface area contributed by atoms with Crippen LogP contribution in [-0.2, 0) is 0 Å². The van der Waals surface area contributed by atoms with Crippen LogP contribution in [0.1, 0.15) is 10.4 Å². The molecular weight excluding hydrogens is 428 g/mol. The highest BCUT2D eigenvalue weighted by Crippen LogP contribution is 2.29. The topological polar surface area (TPSA) is 54.0 Å². The third-order valence-corrected chi connectivity index (χ3v) is 4.76. The van der Waals surface area contributed by atoms with Gasteiger partial charge in [-0.1, -0.05) is 44.5 Å². The Morgan fingerprint density at radius 3 is 1.50 bits per heavy atom. The van der Waals surface area contributed by atoms with Crippen molar-refractivity contribution in [2.45, 2.75) is 0 Å². The Bertz CT molecular complexity index is 1310. The number of hydrogen-bond donors (Lipinski definition) is 0. The molecule has 170 valence electrons. The minimum absolute atomic E-state index is 0.491. The Labute approximate surface area is 198 Å². The SMILES string of the molecule is C=COc1ccc2c(C=O)c(OC=C)ccc2c1.C=COc1ccc2ccc(OC=C)cc2c1. The Morgan fingerprint density at radius 2 is 1.00 bits per heavy atom. The Hall–Kier alpha value is -4.77. The summed E-state index contributed by atoms with van der Waals surface area (Å²) in [6, 6.07) is 20.7. The lowest BCUT2D eigenvalue weighted by Gasteiger charge is -2.08. The molecule has 5 heteroatoms. The molecule has 0 radical (unpaired) electrons. The van der Waals surface area contributed by atoms with Gasteiger partial charge in [-0.3, -0.25) is 4.79 Å². The van der Waals surface area contributed by atoms with Gasteiger partial charge in [-0.15, -0.1) is 0 Å². The van der Waals surface area contributed by atoms with Gasteiger partial charge in [0.25, 0.3) is 0 Å². The van der Waals surface area contributed by atoms with Gasteiger partial charge in [-0.25, -0.2) is 0 Å². The normalized spacial score (nSPS) is 9.76. The van der Waals surface area contributed by atoms with E-state index in [0.29, 0.717) is 17.1 Å². The second-order valence-electron chi connectivity index (χ2n) is 6.79. The lowest BCUT2D eigenvalue weighted by molar-refractivity contribution is 0.112. The van der Waals surface area contributed by atoms with Gasteiger partial charge in [0.05, 0.1) is 30.6 Å². The Kier molecular flexibility index (Phi) is 8.25. The first kappa shape index (κ1) is 23.9. The minimum atomic E-state index is 0.491. The minimum Gasteiger partial charge on any atom is -0.466 e. The zero-order chi connectivity index (χ0) is 24.3. The van der Waals surface area contributed by atoms with Gasteiger partial charge in [0, 0.05) is 0 Å². The van der Waals surface area contributed by atoms with Crippen molar-refractivity contribution >= 4 is 27.8 Å². The summed E-state index contributed by atoms with van der Waals surface area (Å²) in [7, 11) is 0. The summed E-state index contributed by atoms with van der Waals surface area (Å²) in [5.41, 5.74) is 0.498. The van der Waals surface area contributed by atoms with Crippen LogP contribution >= 0.6 is 0 Å². The zero-order valence-electron chi connectivity index (χ0n) is 18.6. The fraction of sp³-hybridized carbons (Fsp3) is 0. The molecule has 0 aliphatic rings. The van der Waals surface area contributed by atoms with Gasteiger partial charge >= 0.3 is 0 Å². The number of fused-ring (bicyclic) bond motifs is 2. The summed E-state index contributed by atoms with van der Waals surface area (Å²) < 4.78 is 20.8. The van der Waals surface area contributed by atoms with Crippen LogP contribution < -0.4 is 18.9 Å². The molecule has 34 heavy (non-hydrogen) atoms. The summed E-state index contributed by atoms with van der Waals surface area (Å²) in [5, 5.41) is 3.89. The zero-order valence-corrected chi connectivity index (χ0v) is 18.6. The third-order valence-electron chi connectivity index (χ3n) is 4.76. The summed E-state index contributed by atoms with van der Waals surface area (Å²) in [6.07, 6.45) is 6.24. The maximum atomic E-state index is 11.2. The maximum absolute atomic E-state index is 11.2. The number of ether oxygens (including phenoxy) is 4. The van der Waals surface area contributed by atoms with E-state index in [4.69, 9.17) is 18.9 Å². The third kappa shape index (κ3) is 5.72. The number of carbonyl (C=O) groups is 1. The Balaban J connectivity index is 0.000000192. The van der Waals surface area contributed by atoms with Crippen molar-refractivity contribution < 1.29 is 23.7 Å². The van der Waals surface area contributed by atoms with E-state index in [1.165, 1.54) is 25.0 Å². The van der Waals surface area contributed by atoms with Gasteiger partial charge in [-0.05, 0) is 70.1 Å². The molecule has 4 aromatic carbocycles. The van der Waals surface area contributed by atoms with E-state index in [9.17, 15) is 4.79 Å². The van der Waals surface area contributed by atoms with E-state index in [0.717, 1.165) is 39.3 Å². The quantitative estimate of drug-likeness (QED) is 0.193. The fourth-order valence-corrected chi connectivity index (χ4v) is 3.34. The summed E-state index contributed by atoms with van der Waals surface area (Å²) in [4.78, 5) is 11.2. The molecule has 0 N–H and O–H groups in total. The largest absolute Gasteiger partial charge is 0.466 e. The van der Waals surface area contributed by atoms with E-state index in [2.05, 4.69) is 26.3 Å². The lowest BCUT2D eigenvalue weighted by Crippen LogP contribution is -1.91. The number of rotatable bonds is 9. The molecule has 5 nitrogen and oxygen atoms in total. The van der Waals surface area contributed by atoms with E-state index in [1.54, 1.807) is 12.1 Å². The fourth-order valence-electron chi connectivity index (χ4n) is 3.34. The van der Waals surface area contributed by atoms with Crippen molar-refractivity contribution in [3.8, 4) is 23.0 Å². The first-order chi connectivity index (χ1) is 16.6. The second kappa shape index (κ2) is 11.7. The average Bonchev–Trinajstić information content (AvgIpc) is 2.85. The molecule has 0 atom stereocenters. The molecule has 0 saturated heterocycles. The summed E-state index contributed by atoms with van der Waals surface area (Å²) in [6.45, 7) is 14.0. The summed E-state index contributed by atoms with van der Waals surface area (Å²) >= 11 is 0. The molecule has 0 bridgehead atoms. The first-order valence-corrected chi connectivity index (χ1v) is 10.3. The molecule has 4 rings (SSSR count). The lowest BCUT2D eigenvalue weighted by atomic mass is 10.0. The molecule has 0 spiro atoms. The van der Waals surface area contributed by atoms with Gasteiger partial charge < -0.3 is 18.9 Å². The smallest absolute Gasteiger partial charge is 0.154 e. The van der Waals surface area contributed by atoms with E-state index >= 15 is 0 Å². The van der Waals surface area contributed by atoms with Crippen molar-refractivity contribution in [2.24, 2.45) is 0 Å². The van der Waals surface area contributed by atoms with Crippen LogP contribution in [0.3, 0.4) is 0 Å². The van der Waals surface area contributed by atoms with Crippen molar-refractivity contribution in [1.82, 2.24) is 0 Å². The van der Waals surface area contributed by atoms with Crippen LogP contribution in [0.25, 0.3) is 21.5 Å². The highest BCUT2D eigenvalue weighted by atomic mass is 16.5. The highest BCUT2D eigenvalue weighted by molar-refractivity contribution is 6.01. The van der Waals surface area contributed by atoms with Crippen molar-refractivity contribution in [3.63, 3.8) is 0 Å². The van der Waals surface area contributed by atoms with Gasteiger partial charge in [0.2, 0.25) is 0 Å². The van der Waals surface area contributed by atoms with E-state index in [1.807, 2.05) is 54.6 Å². The predicted molar refractivity (Wildman–Crippen MR) is 137 cm³/mol. The van der Waals surface area contributed by atoms with Crippen LogP contribution in [-0.4, -0.2) is 6.29 Å². The van der Waals surface area contributed by atoms with E-state index in [-0.39, 0.29) is 0 Å². The second-order valence-corrected chi connectivity index (χ2v) is 6.79. The molecule has 0 heterocycles. The molecule has 0 amide bonds. The maximum Gasteiger partial charge on any atom is 0.154 e. The van der Waals surface area contributed by atoms with Gasteiger partial charge in [-0.2, -0.15) is 0 Å². The van der Waals surface area contributed by atoms with E-state index < -0.39 is 0 Å². The van der Waals surface area contributed by atoms with Crippen LogP contribution in [0.15, 0.2) is 118 Å². The molecule has 4 aromatic rings. The molecule has 0 fully saturated rings. The van der Waals surface area contributed by atoms with Crippen LogP contribution in [0, 0.1) is 0 Å². The predicted octanol–water partition coefficient (Wildman–Crippen LogP) is 7.58. The standard InChI is InChI=1S/C15H12O3.C14H12O2/c1-3-17-12-6-7-13-11(9-12)5-8-15(18-4-2)14(13)10-16;1-3-15-13-7-5-11-6-8-14(16-4-2)10-12(11)9-13/h3-10H,1-2H2;3-10H,1-2H2. The van der Waals surface area contributed by atoms with Crippen molar-refractivity contribution in [3.05, 3.63) is 124 Å².